The van der Waals surface area contributed by atoms with Gasteiger partial charge in [-0.1, -0.05) is 12.1 Å². The fourth-order valence-electron chi connectivity index (χ4n) is 3.64. The number of imidazole rings is 1. The average molecular weight is 337 g/mol. The van der Waals surface area contributed by atoms with Crippen molar-refractivity contribution < 1.29 is 4.92 Å². The van der Waals surface area contributed by atoms with Crippen molar-refractivity contribution in [2.45, 2.75) is 25.8 Å². The molecule has 7 nitrogen and oxygen atoms in total. The third-order valence-corrected chi connectivity index (χ3v) is 4.87. The molecule has 1 aliphatic rings. The molecule has 0 unspecified atom stereocenters. The summed E-state index contributed by atoms with van der Waals surface area (Å²) in [7, 11) is 0. The number of hydrogen-bond donors (Lipinski definition) is 0. The summed E-state index contributed by atoms with van der Waals surface area (Å²) in [4.78, 5) is 21.8. The molecule has 3 heterocycles. The molecule has 0 N–H and O–H groups in total. The van der Waals surface area contributed by atoms with E-state index < -0.39 is 0 Å². The van der Waals surface area contributed by atoms with Gasteiger partial charge < -0.3 is 9.47 Å². The number of non-ortho nitro benzene ring substituents is 1. The smallest absolute Gasteiger partial charge is 0.295 e. The third-order valence-electron chi connectivity index (χ3n) is 4.87. The Hall–Kier alpha value is -2.96. The third kappa shape index (κ3) is 2.82. The standard InChI is InChI=1S/C18H19N5O2/c1-13-11-17(15-3-2-4-16(23(24)25)18(15)20-13)21-8-5-14(6-9-21)22-10-7-19-12-22/h2-4,7,10-12,14H,5-6,8-9H2,1H3. The second kappa shape index (κ2) is 6.16. The highest BCUT2D eigenvalue weighted by atomic mass is 16.6. The maximum absolute atomic E-state index is 11.3. The molecule has 25 heavy (non-hydrogen) atoms. The molecule has 0 amide bonds. The molecular weight excluding hydrogens is 318 g/mol. The van der Waals surface area contributed by atoms with Gasteiger partial charge in [-0.05, 0) is 25.8 Å². The fraction of sp³-hybridized carbons (Fsp3) is 0.333. The second-order valence-electron chi connectivity index (χ2n) is 6.44. The lowest BCUT2D eigenvalue weighted by molar-refractivity contribution is -0.383. The van der Waals surface area contributed by atoms with Gasteiger partial charge in [-0.2, -0.15) is 0 Å². The average Bonchev–Trinajstić information content (AvgIpc) is 3.15. The zero-order valence-corrected chi connectivity index (χ0v) is 14.0. The number of aromatic nitrogens is 3. The molecule has 1 fully saturated rings. The maximum atomic E-state index is 11.3. The summed E-state index contributed by atoms with van der Waals surface area (Å²) in [6.07, 6.45) is 7.74. The summed E-state index contributed by atoms with van der Waals surface area (Å²) >= 11 is 0. The van der Waals surface area contributed by atoms with Crippen LogP contribution in [0.3, 0.4) is 0 Å². The van der Waals surface area contributed by atoms with Crippen LogP contribution in [0.25, 0.3) is 10.9 Å². The van der Waals surface area contributed by atoms with E-state index in [2.05, 4.69) is 19.4 Å². The van der Waals surface area contributed by atoms with Gasteiger partial charge in [0.25, 0.3) is 5.69 Å². The van der Waals surface area contributed by atoms with Crippen molar-refractivity contribution >= 4 is 22.3 Å². The number of pyridine rings is 1. The predicted octanol–water partition coefficient (Wildman–Crippen LogP) is 3.49. The van der Waals surface area contributed by atoms with E-state index in [-0.39, 0.29) is 10.6 Å². The summed E-state index contributed by atoms with van der Waals surface area (Å²) in [6, 6.07) is 7.67. The van der Waals surface area contributed by atoms with Gasteiger partial charge in [-0.15, -0.1) is 0 Å². The number of nitrogens with zero attached hydrogens (tertiary/aromatic N) is 5. The molecule has 1 aliphatic heterocycles. The normalized spacial score (nSPS) is 15.6. The molecule has 0 atom stereocenters. The molecule has 0 aliphatic carbocycles. The predicted molar refractivity (Wildman–Crippen MR) is 95.8 cm³/mol. The van der Waals surface area contributed by atoms with Gasteiger partial charge in [0.15, 0.2) is 5.52 Å². The van der Waals surface area contributed by atoms with Crippen LogP contribution in [0.1, 0.15) is 24.6 Å². The van der Waals surface area contributed by atoms with Crippen molar-refractivity contribution in [2.24, 2.45) is 0 Å². The molecule has 7 heteroatoms. The van der Waals surface area contributed by atoms with Gasteiger partial charge in [-0.25, -0.2) is 9.97 Å². The van der Waals surface area contributed by atoms with Crippen molar-refractivity contribution in [1.29, 1.82) is 0 Å². The van der Waals surface area contributed by atoms with Gasteiger partial charge in [-0.3, -0.25) is 10.1 Å². The van der Waals surface area contributed by atoms with Crippen molar-refractivity contribution in [2.75, 3.05) is 18.0 Å². The minimum absolute atomic E-state index is 0.0655. The fourth-order valence-corrected chi connectivity index (χ4v) is 3.64. The van der Waals surface area contributed by atoms with Crippen LogP contribution in [-0.2, 0) is 0 Å². The lowest BCUT2D eigenvalue weighted by Gasteiger charge is -2.34. The topological polar surface area (TPSA) is 77.1 Å². The van der Waals surface area contributed by atoms with Crippen LogP contribution in [0.5, 0.6) is 0 Å². The lowest BCUT2D eigenvalue weighted by Crippen LogP contribution is -2.34. The van der Waals surface area contributed by atoms with Gasteiger partial charge in [0.1, 0.15) is 0 Å². The monoisotopic (exact) mass is 337 g/mol. The lowest BCUT2D eigenvalue weighted by atomic mass is 10.0. The van der Waals surface area contributed by atoms with Crippen molar-refractivity contribution in [3.8, 4) is 0 Å². The van der Waals surface area contributed by atoms with Crippen molar-refractivity contribution in [1.82, 2.24) is 14.5 Å². The van der Waals surface area contributed by atoms with Crippen LogP contribution in [0, 0.1) is 17.0 Å². The second-order valence-corrected chi connectivity index (χ2v) is 6.44. The Morgan fingerprint density at radius 2 is 2.08 bits per heavy atom. The van der Waals surface area contributed by atoms with E-state index in [4.69, 9.17) is 0 Å². The minimum atomic E-state index is -0.357. The highest BCUT2D eigenvalue weighted by Gasteiger charge is 2.23. The summed E-state index contributed by atoms with van der Waals surface area (Å²) in [6.45, 7) is 3.70. The van der Waals surface area contributed by atoms with E-state index in [1.54, 1.807) is 6.07 Å². The number of aryl methyl sites for hydroxylation is 1. The van der Waals surface area contributed by atoms with E-state index in [0.29, 0.717) is 11.6 Å². The van der Waals surface area contributed by atoms with E-state index in [1.165, 1.54) is 6.07 Å². The van der Waals surface area contributed by atoms with Crippen molar-refractivity contribution in [3.05, 3.63) is 58.8 Å². The molecular formula is C18H19N5O2. The summed E-state index contributed by atoms with van der Waals surface area (Å²) in [5.74, 6) is 0. The number of nitro groups is 1. The molecule has 1 saturated heterocycles. The molecule has 0 saturated carbocycles. The SMILES string of the molecule is Cc1cc(N2CCC(n3ccnc3)CC2)c2cccc([N+](=O)[O-])c2n1. The highest BCUT2D eigenvalue weighted by Crippen LogP contribution is 2.34. The van der Waals surface area contributed by atoms with E-state index in [1.807, 2.05) is 37.8 Å². The first-order valence-electron chi connectivity index (χ1n) is 8.40. The van der Waals surface area contributed by atoms with Crippen LogP contribution in [0.4, 0.5) is 11.4 Å². The zero-order valence-electron chi connectivity index (χ0n) is 14.0. The zero-order chi connectivity index (χ0) is 17.4. The largest absolute Gasteiger partial charge is 0.371 e. The van der Waals surface area contributed by atoms with Crippen molar-refractivity contribution in [3.63, 3.8) is 0 Å². The first-order chi connectivity index (χ1) is 12.1. The van der Waals surface area contributed by atoms with E-state index in [0.717, 1.165) is 42.7 Å². The van der Waals surface area contributed by atoms with Crippen LogP contribution in [0.15, 0.2) is 43.0 Å². The van der Waals surface area contributed by atoms with Gasteiger partial charge in [0, 0.05) is 54.4 Å². The minimum Gasteiger partial charge on any atom is -0.371 e. The summed E-state index contributed by atoms with van der Waals surface area (Å²) in [5.41, 5.74) is 2.37. The molecule has 3 aromatic rings. The molecule has 1 aromatic carbocycles. The number of fused-ring (bicyclic) bond motifs is 1. The van der Waals surface area contributed by atoms with E-state index >= 15 is 0 Å². The number of hydrogen-bond acceptors (Lipinski definition) is 5. The molecule has 0 bridgehead atoms. The number of benzene rings is 1. The first kappa shape index (κ1) is 15.6. The number of anilines is 1. The Kier molecular flexibility index (Phi) is 3.83. The van der Waals surface area contributed by atoms with Crippen LogP contribution < -0.4 is 4.90 Å². The van der Waals surface area contributed by atoms with Gasteiger partial charge >= 0.3 is 0 Å². The molecule has 2 aromatic heterocycles. The molecule has 4 rings (SSSR count). The van der Waals surface area contributed by atoms with Gasteiger partial charge in [0.2, 0.25) is 0 Å². The Morgan fingerprint density at radius 1 is 1.28 bits per heavy atom. The van der Waals surface area contributed by atoms with Crippen LogP contribution in [0.2, 0.25) is 0 Å². The number of piperidine rings is 1. The quantitative estimate of drug-likeness (QED) is 0.540. The Labute approximate surface area is 145 Å². The Bertz CT molecular complexity index is 915. The summed E-state index contributed by atoms with van der Waals surface area (Å²) in [5, 5.41) is 12.2. The maximum Gasteiger partial charge on any atom is 0.295 e. The molecule has 0 spiro atoms. The Balaban J connectivity index is 1.68. The van der Waals surface area contributed by atoms with Crippen LogP contribution in [-0.4, -0.2) is 32.5 Å². The number of rotatable bonds is 3. The molecule has 0 radical (unpaired) electrons. The Morgan fingerprint density at radius 3 is 2.76 bits per heavy atom. The van der Waals surface area contributed by atoms with Gasteiger partial charge in [0.05, 0.1) is 11.3 Å². The summed E-state index contributed by atoms with van der Waals surface area (Å²) < 4.78 is 2.16. The van der Waals surface area contributed by atoms with Crippen LogP contribution >= 0.6 is 0 Å². The first-order valence-corrected chi connectivity index (χ1v) is 8.40. The van der Waals surface area contributed by atoms with E-state index in [9.17, 15) is 10.1 Å². The number of nitro benzene ring substituents is 1. The highest BCUT2D eigenvalue weighted by molar-refractivity contribution is 5.97. The number of para-hydroxylation sites is 1. The molecule has 128 valence electrons.